The van der Waals surface area contributed by atoms with E-state index in [1.807, 2.05) is 31.1 Å². The Bertz CT molecular complexity index is 746. The molecule has 2 aromatic carbocycles. The number of carbonyl (C=O) groups excluding carboxylic acids is 2. The van der Waals surface area contributed by atoms with Crippen LogP contribution in [0.3, 0.4) is 0 Å². The fourth-order valence-corrected chi connectivity index (χ4v) is 2.25. The molecule has 0 saturated heterocycles. The van der Waals surface area contributed by atoms with Gasteiger partial charge in [-0.05, 0) is 42.5 Å². The van der Waals surface area contributed by atoms with Gasteiger partial charge < -0.3 is 15.5 Å². The average Bonchev–Trinajstić information content (AvgIpc) is 2.55. The van der Waals surface area contributed by atoms with Gasteiger partial charge in [0.25, 0.3) is 5.91 Å². The summed E-state index contributed by atoms with van der Waals surface area (Å²) >= 11 is 11.7. The molecular formula is C17H17Cl2N3O2. The third-order valence-electron chi connectivity index (χ3n) is 3.26. The van der Waals surface area contributed by atoms with Gasteiger partial charge >= 0.3 is 0 Å². The van der Waals surface area contributed by atoms with Crippen molar-refractivity contribution in [1.29, 1.82) is 0 Å². The van der Waals surface area contributed by atoms with E-state index in [1.54, 1.807) is 18.2 Å². The highest BCUT2D eigenvalue weighted by Crippen LogP contribution is 2.22. The van der Waals surface area contributed by atoms with Gasteiger partial charge in [0.2, 0.25) is 5.91 Å². The van der Waals surface area contributed by atoms with Crippen molar-refractivity contribution >= 4 is 46.4 Å². The van der Waals surface area contributed by atoms with E-state index < -0.39 is 5.91 Å². The van der Waals surface area contributed by atoms with E-state index in [2.05, 4.69) is 10.6 Å². The number of anilines is 2. The molecule has 0 unspecified atom stereocenters. The number of carbonyl (C=O) groups is 2. The van der Waals surface area contributed by atoms with Crippen LogP contribution in [0.5, 0.6) is 0 Å². The normalized spacial score (nSPS) is 10.2. The minimum absolute atomic E-state index is 0.144. The van der Waals surface area contributed by atoms with Crippen LogP contribution in [-0.2, 0) is 4.79 Å². The standard InChI is InChI=1S/C17H17Cl2N3O2/c1-22(2)13-6-4-12(5-7-13)21-16(23)10-20-17(24)11-3-8-14(18)15(19)9-11/h3-9H,10H2,1-2H3,(H,20,24)(H,21,23). The number of halogens is 2. The van der Waals surface area contributed by atoms with E-state index in [1.165, 1.54) is 12.1 Å². The first-order valence-corrected chi connectivity index (χ1v) is 7.93. The highest BCUT2D eigenvalue weighted by atomic mass is 35.5. The second kappa shape index (κ2) is 8.04. The highest BCUT2D eigenvalue weighted by molar-refractivity contribution is 6.42. The SMILES string of the molecule is CN(C)c1ccc(NC(=O)CNC(=O)c2ccc(Cl)c(Cl)c2)cc1. The summed E-state index contributed by atoms with van der Waals surface area (Å²) in [6, 6.07) is 11.9. The molecule has 0 aromatic heterocycles. The Hall–Kier alpha value is -2.24. The molecule has 0 heterocycles. The summed E-state index contributed by atoms with van der Waals surface area (Å²) < 4.78 is 0. The summed E-state index contributed by atoms with van der Waals surface area (Å²) in [4.78, 5) is 25.9. The van der Waals surface area contributed by atoms with Crippen LogP contribution in [0.1, 0.15) is 10.4 Å². The van der Waals surface area contributed by atoms with Gasteiger partial charge in [-0.15, -0.1) is 0 Å². The van der Waals surface area contributed by atoms with Crippen molar-refractivity contribution in [2.45, 2.75) is 0 Å². The molecule has 24 heavy (non-hydrogen) atoms. The van der Waals surface area contributed by atoms with Gasteiger partial charge in [0, 0.05) is 31.0 Å². The summed E-state index contributed by atoms with van der Waals surface area (Å²) in [6.45, 7) is -0.144. The minimum atomic E-state index is -0.397. The lowest BCUT2D eigenvalue weighted by atomic mass is 10.2. The molecule has 7 heteroatoms. The first kappa shape index (κ1) is 18.1. The van der Waals surface area contributed by atoms with E-state index in [0.717, 1.165) is 5.69 Å². The third kappa shape index (κ3) is 4.88. The van der Waals surface area contributed by atoms with Crippen LogP contribution in [0.25, 0.3) is 0 Å². The molecule has 0 aliphatic rings. The number of benzene rings is 2. The Balaban J connectivity index is 1.88. The molecule has 0 spiro atoms. The van der Waals surface area contributed by atoms with Crippen molar-refractivity contribution in [3.05, 3.63) is 58.1 Å². The molecule has 0 saturated carbocycles. The van der Waals surface area contributed by atoms with Crippen molar-refractivity contribution in [3.8, 4) is 0 Å². The van der Waals surface area contributed by atoms with E-state index in [9.17, 15) is 9.59 Å². The lowest BCUT2D eigenvalue weighted by Gasteiger charge is -2.13. The van der Waals surface area contributed by atoms with E-state index in [4.69, 9.17) is 23.2 Å². The molecule has 2 N–H and O–H groups in total. The maximum absolute atomic E-state index is 12.0. The van der Waals surface area contributed by atoms with Gasteiger partial charge in [-0.2, -0.15) is 0 Å². The first-order chi connectivity index (χ1) is 11.4. The van der Waals surface area contributed by atoms with E-state index >= 15 is 0 Å². The van der Waals surface area contributed by atoms with Crippen molar-refractivity contribution in [1.82, 2.24) is 5.32 Å². The molecule has 126 valence electrons. The zero-order valence-electron chi connectivity index (χ0n) is 13.3. The Morgan fingerprint density at radius 2 is 1.67 bits per heavy atom. The number of amides is 2. The van der Waals surface area contributed by atoms with Crippen molar-refractivity contribution in [2.24, 2.45) is 0 Å². The zero-order valence-corrected chi connectivity index (χ0v) is 14.8. The molecule has 0 aliphatic heterocycles. The average molecular weight is 366 g/mol. The Morgan fingerprint density at radius 1 is 1.00 bits per heavy atom. The first-order valence-electron chi connectivity index (χ1n) is 7.17. The molecule has 0 bridgehead atoms. The third-order valence-corrected chi connectivity index (χ3v) is 4.00. The van der Waals surface area contributed by atoms with Gasteiger partial charge in [-0.25, -0.2) is 0 Å². The van der Waals surface area contributed by atoms with Crippen molar-refractivity contribution in [3.63, 3.8) is 0 Å². The van der Waals surface area contributed by atoms with Crippen LogP contribution in [0.4, 0.5) is 11.4 Å². The smallest absolute Gasteiger partial charge is 0.251 e. The van der Waals surface area contributed by atoms with Gasteiger partial charge in [-0.1, -0.05) is 23.2 Å². The summed E-state index contributed by atoms with van der Waals surface area (Å²) in [6.07, 6.45) is 0. The minimum Gasteiger partial charge on any atom is -0.378 e. The predicted octanol–water partition coefficient (Wildman–Crippen LogP) is 3.43. The van der Waals surface area contributed by atoms with Crippen LogP contribution in [0.2, 0.25) is 10.0 Å². The monoisotopic (exact) mass is 365 g/mol. The number of rotatable bonds is 5. The summed E-state index contributed by atoms with van der Waals surface area (Å²) in [5, 5.41) is 5.90. The fraction of sp³-hybridized carbons (Fsp3) is 0.176. The molecule has 2 rings (SSSR count). The van der Waals surface area contributed by atoms with Crippen LogP contribution in [-0.4, -0.2) is 32.5 Å². The topological polar surface area (TPSA) is 61.4 Å². The molecule has 2 aromatic rings. The second-order valence-corrected chi connectivity index (χ2v) is 6.12. The van der Waals surface area contributed by atoms with Crippen molar-refractivity contribution < 1.29 is 9.59 Å². The number of nitrogens with zero attached hydrogens (tertiary/aromatic N) is 1. The summed E-state index contributed by atoms with van der Waals surface area (Å²) in [5.41, 5.74) is 2.03. The quantitative estimate of drug-likeness (QED) is 0.852. The van der Waals surface area contributed by atoms with Crippen molar-refractivity contribution in [2.75, 3.05) is 30.9 Å². The van der Waals surface area contributed by atoms with Gasteiger partial charge in [0.05, 0.1) is 16.6 Å². The fourth-order valence-electron chi connectivity index (χ4n) is 1.95. The van der Waals surface area contributed by atoms with Crippen LogP contribution in [0, 0.1) is 0 Å². The van der Waals surface area contributed by atoms with Crippen LogP contribution < -0.4 is 15.5 Å². The van der Waals surface area contributed by atoms with Gasteiger partial charge in [-0.3, -0.25) is 9.59 Å². The second-order valence-electron chi connectivity index (χ2n) is 5.30. The highest BCUT2D eigenvalue weighted by Gasteiger charge is 2.10. The zero-order chi connectivity index (χ0) is 17.7. The maximum Gasteiger partial charge on any atom is 0.251 e. The van der Waals surface area contributed by atoms with Crippen LogP contribution in [0.15, 0.2) is 42.5 Å². The maximum atomic E-state index is 12.0. The molecule has 0 aliphatic carbocycles. The van der Waals surface area contributed by atoms with Gasteiger partial charge in [0.15, 0.2) is 0 Å². The van der Waals surface area contributed by atoms with Crippen LogP contribution >= 0.6 is 23.2 Å². The van der Waals surface area contributed by atoms with E-state index in [0.29, 0.717) is 16.3 Å². The Kier molecular flexibility index (Phi) is 6.06. The van der Waals surface area contributed by atoms with Gasteiger partial charge in [0.1, 0.15) is 0 Å². The molecule has 0 atom stereocenters. The molecule has 0 fully saturated rings. The summed E-state index contributed by atoms with van der Waals surface area (Å²) in [7, 11) is 3.87. The Morgan fingerprint density at radius 3 is 2.25 bits per heavy atom. The lowest BCUT2D eigenvalue weighted by molar-refractivity contribution is -0.115. The Labute approximate surface area is 150 Å². The number of nitrogens with one attached hydrogen (secondary N) is 2. The lowest BCUT2D eigenvalue weighted by Crippen LogP contribution is -2.32. The number of hydrogen-bond acceptors (Lipinski definition) is 3. The summed E-state index contributed by atoms with van der Waals surface area (Å²) in [5.74, 6) is -0.715. The molecule has 5 nitrogen and oxygen atoms in total. The molecular weight excluding hydrogens is 349 g/mol. The molecule has 2 amide bonds. The van der Waals surface area contributed by atoms with E-state index in [-0.39, 0.29) is 17.5 Å². The predicted molar refractivity (Wildman–Crippen MR) is 98.2 cm³/mol. The molecule has 0 radical (unpaired) electrons. The number of hydrogen-bond donors (Lipinski definition) is 2. The largest absolute Gasteiger partial charge is 0.378 e.